The average molecular weight is 297 g/mol. The van der Waals surface area contributed by atoms with Crippen molar-refractivity contribution in [2.75, 3.05) is 7.05 Å². The molecule has 1 heteroatoms. The number of rotatable bonds is 4. The first-order valence-corrected chi connectivity index (χ1v) is 8.62. The Morgan fingerprint density at radius 2 is 2.14 bits per heavy atom. The quantitative estimate of drug-likeness (QED) is 0.572. The molecule has 2 atom stereocenters. The lowest BCUT2D eigenvalue weighted by atomic mass is 9.72. The predicted molar refractivity (Wildman–Crippen MR) is 98.4 cm³/mol. The van der Waals surface area contributed by atoms with Crippen LogP contribution in [0.5, 0.6) is 0 Å². The first-order valence-electron chi connectivity index (χ1n) is 8.62. The molecule has 120 valence electrons. The van der Waals surface area contributed by atoms with Crippen LogP contribution in [-0.2, 0) is 0 Å². The van der Waals surface area contributed by atoms with E-state index in [9.17, 15) is 0 Å². The molecule has 0 fully saturated rings. The second kappa shape index (κ2) is 7.26. The van der Waals surface area contributed by atoms with Gasteiger partial charge in [-0.1, -0.05) is 50.6 Å². The van der Waals surface area contributed by atoms with Crippen molar-refractivity contribution in [2.45, 2.75) is 53.4 Å². The van der Waals surface area contributed by atoms with Gasteiger partial charge in [-0.15, -0.1) is 0 Å². The lowest BCUT2D eigenvalue weighted by molar-refractivity contribution is 0.376. The van der Waals surface area contributed by atoms with Gasteiger partial charge in [-0.25, -0.2) is 0 Å². The first kappa shape index (κ1) is 17.0. The van der Waals surface area contributed by atoms with Gasteiger partial charge in [0.1, 0.15) is 0 Å². The third-order valence-electron chi connectivity index (χ3n) is 5.25. The Morgan fingerprint density at radius 3 is 2.82 bits per heavy atom. The summed E-state index contributed by atoms with van der Waals surface area (Å²) in [4.78, 5) is 4.04. The van der Waals surface area contributed by atoms with E-state index < -0.39 is 0 Å². The Labute approximate surface area is 136 Å². The van der Waals surface area contributed by atoms with E-state index in [2.05, 4.69) is 63.1 Å². The molecule has 2 unspecified atom stereocenters. The summed E-state index contributed by atoms with van der Waals surface area (Å²) in [5.41, 5.74) is 4.89. The molecule has 0 aromatic carbocycles. The van der Waals surface area contributed by atoms with Gasteiger partial charge in [0, 0.05) is 13.3 Å². The summed E-state index contributed by atoms with van der Waals surface area (Å²) >= 11 is 0. The highest BCUT2D eigenvalue weighted by atomic mass is 14.6. The minimum Gasteiger partial charge on any atom is -0.297 e. The maximum absolute atomic E-state index is 4.04. The van der Waals surface area contributed by atoms with Crippen molar-refractivity contribution >= 4 is 6.21 Å². The van der Waals surface area contributed by atoms with Crippen molar-refractivity contribution in [1.29, 1.82) is 0 Å². The van der Waals surface area contributed by atoms with E-state index in [1.807, 2.05) is 13.3 Å². The Balaban J connectivity index is 2.03. The summed E-state index contributed by atoms with van der Waals surface area (Å²) in [6.45, 7) is 9.43. The van der Waals surface area contributed by atoms with Crippen LogP contribution < -0.4 is 0 Å². The second-order valence-electron chi connectivity index (χ2n) is 7.53. The molecule has 0 bridgehead atoms. The zero-order chi connectivity index (χ0) is 16.2. The molecular weight excluding hydrogens is 266 g/mol. The monoisotopic (exact) mass is 297 g/mol. The molecule has 2 aliphatic carbocycles. The van der Waals surface area contributed by atoms with E-state index in [1.54, 1.807) is 11.1 Å². The molecule has 0 radical (unpaired) electrons. The summed E-state index contributed by atoms with van der Waals surface area (Å²) in [7, 11) is 1.82. The summed E-state index contributed by atoms with van der Waals surface area (Å²) in [6, 6.07) is 0. The van der Waals surface area contributed by atoms with Crippen LogP contribution in [0, 0.1) is 17.3 Å². The Morgan fingerprint density at radius 1 is 1.36 bits per heavy atom. The van der Waals surface area contributed by atoms with Crippen LogP contribution in [0.3, 0.4) is 0 Å². The van der Waals surface area contributed by atoms with Gasteiger partial charge in [-0.3, -0.25) is 4.99 Å². The van der Waals surface area contributed by atoms with Crippen molar-refractivity contribution in [2.24, 2.45) is 22.2 Å². The minimum atomic E-state index is 0.340. The first-order chi connectivity index (χ1) is 10.4. The molecular formula is C21H31N. The van der Waals surface area contributed by atoms with E-state index in [-0.39, 0.29) is 0 Å². The Kier molecular flexibility index (Phi) is 5.61. The van der Waals surface area contributed by atoms with Gasteiger partial charge >= 0.3 is 0 Å². The normalized spacial score (nSPS) is 28.4. The fourth-order valence-corrected chi connectivity index (χ4v) is 3.71. The van der Waals surface area contributed by atoms with Crippen LogP contribution in [0.25, 0.3) is 0 Å². The van der Waals surface area contributed by atoms with Gasteiger partial charge in [-0.2, -0.15) is 0 Å². The molecule has 0 aromatic rings. The molecule has 0 saturated carbocycles. The third-order valence-corrected chi connectivity index (χ3v) is 5.25. The fourth-order valence-electron chi connectivity index (χ4n) is 3.71. The highest BCUT2D eigenvalue weighted by Crippen LogP contribution is 2.41. The molecule has 0 spiro atoms. The maximum Gasteiger partial charge on any atom is 0.0277 e. The largest absolute Gasteiger partial charge is 0.297 e. The number of hydrogen-bond acceptors (Lipinski definition) is 1. The minimum absolute atomic E-state index is 0.340. The molecule has 0 aliphatic heterocycles. The Bertz CT molecular complexity index is 540. The number of hydrogen-bond donors (Lipinski definition) is 0. The van der Waals surface area contributed by atoms with Crippen LogP contribution in [0.2, 0.25) is 0 Å². The van der Waals surface area contributed by atoms with E-state index in [0.717, 1.165) is 6.42 Å². The fraction of sp³-hybridized carbons (Fsp3) is 0.571. The third kappa shape index (κ3) is 4.09. The van der Waals surface area contributed by atoms with Gasteiger partial charge in [0.15, 0.2) is 0 Å². The van der Waals surface area contributed by atoms with Gasteiger partial charge in [-0.05, 0) is 67.1 Å². The van der Waals surface area contributed by atoms with E-state index in [4.69, 9.17) is 0 Å². The standard InChI is InChI=1S/C21H31N/c1-16(19-10-9-18(15-19)12-14-22-5)8-11-20-17(2)7-6-13-21(20,3)4/h8-12,14,16,19H,6-7,13,15H2,1-5H3/b11-8+,18-12-,22-14?. The van der Waals surface area contributed by atoms with Crippen LogP contribution in [0.15, 0.2) is 52.1 Å². The molecule has 0 amide bonds. The molecule has 0 aromatic heterocycles. The molecule has 1 nitrogen and oxygen atoms in total. The molecule has 2 rings (SSSR count). The highest BCUT2D eigenvalue weighted by Gasteiger charge is 2.27. The van der Waals surface area contributed by atoms with E-state index in [1.165, 1.54) is 24.8 Å². The lowest BCUT2D eigenvalue weighted by Crippen LogP contribution is -2.19. The summed E-state index contributed by atoms with van der Waals surface area (Å²) in [5, 5.41) is 0. The van der Waals surface area contributed by atoms with Gasteiger partial charge in [0.05, 0.1) is 0 Å². The molecule has 0 N–H and O–H groups in total. The van der Waals surface area contributed by atoms with Crippen LogP contribution in [0.1, 0.15) is 53.4 Å². The topological polar surface area (TPSA) is 12.4 Å². The summed E-state index contributed by atoms with van der Waals surface area (Å²) in [5.74, 6) is 1.21. The smallest absolute Gasteiger partial charge is 0.0277 e. The van der Waals surface area contributed by atoms with Crippen molar-refractivity contribution in [3.8, 4) is 0 Å². The summed E-state index contributed by atoms with van der Waals surface area (Å²) < 4.78 is 0. The number of allylic oxidation sites excluding steroid dienone is 8. The number of aliphatic imine (C=N–C) groups is 1. The van der Waals surface area contributed by atoms with Crippen LogP contribution >= 0.6 is 0 Å². The number of nitrogens with zero attached hydrogens (tertiary/aromatic N) is 1. The average Bonchev–Trinajstić information content (AvgIpc) is 2.92. The van der Waals surface area contributed by atoms with Crippen molar-refractivity contribution < 1.29 is 0 Å². The zero-order valence-corrected chi connectivity index (χ0v) is 14.9. The highest BCUT2D eigenvalue weighted by molar-refractivity contribution is 5.73. The van der Waals surface area contributed by atoms with Gasteiger partial charge in [0.2, 0.25) is 0 Å². The van der Waals surface area contributed by atoms with E-state index in [0.29, 0.717) is 17.3 Å². The summed E-state index contributed by atoms with van der Waals surface area (Å²) in [6.07, 6.45) is 18.5. The molecule has 2 aliphatic rings. The second-order valence-corrected chi connectivity index (χ2v) is 7.53. The zero-order valence-electron chi connectivity index (χ0n) is 14.9. The molecule has 22 heavy (non-hydrogen) atoms. The molecule has 0 heterocycles. The van der Waals surface area contributed by atoms with Crippen LogP contribution in [-0.4, -0.2) is 13.3 Å². The van der Waals surface area contributed by atoms with Gasteiger partial charge in [0.25, 0.3) is 0 Å². The SMILES string of the molecule is CN=C/C=C1/C=CC(C(C)/C=C/C2=C(C)CCCC2(C)C)C1. The van der Waals surface area contributed by atoms with E-state index >= 15 is 0 Å². The predicted octanol–water partition coefficient (Wildman–Crippen LogP) is 5.91. The van der Waals surface area contributed by atoms with Crippen molar-refractivity contribution in [3.05, 3.63) is 47.1 Å². The van der Waals surface area contributed by atoms with Crippen molar-refractivity contribution in [3.63, 3.8) is 0 Å². The lowest BCUT2D eigenvalue weighted by Gasteiger charge is -2.33. The Hall–Kier alpha value is -1.37. The maximum atomic E-state index is 4.04. The molecule has 0 saturated heterocycles. The van der Waals surface area contributed by atoms with Gasteiger partial charge < -0.3 is 0 Å². The van der Waals surface area contributed by atoms with Crippen LogP contribution in [0.4, 0.5) is 0 Å². The van der Waals surface area contributed by atoms with Crippen molar-refractivity contribution in [1.82, 2.24) is 0 Å².